The number of hydrogen-bond acceptors (Lipinski definition) is 6. The highest BCUT2D eigenvalue weighted by Crippen LogP contribution is 2.33. The summed E-state index contributed by atoms with van der Waals surface area (Å²) in [6.45, 7) is 4.38. The molecule has 0 spiro atoms. The van der Waals surface area contributed by atoms with Gasteiger partial charge in [-0.1, -0.05) is 31.4 Å². The quantitative estimate of drug-likeness (QED) is 0.292. The van der Waals surface area contributed by atoms with E-state index in [0.717, 1.165) is 64.9 Å². The number of anilines is 3. The topological polar surface area (TPSA) is 112 Å². The highest BCUT2D eigenvalue weighted by molar-refractivity contribution is 5.96. The van der Waals surface area contributed by atoms with E-state index in [1.54, 1.807) is 6.33 Å². The van der Waals surface area contributed by atoms with Gasteiger partial charge in [-0.25, -0.2) is 9.97 Å². The number of morpholine rings is 1. The molecule has 9 nitrogen and oxygen atoms in total. The van der Waals surface area contributed by atoms with Gasteiger partial charge < -0.3 is 25.3 Å². The predicted molar refractivity (Wildman–Crippen MR) is 156 cm³/mol. The van der Waals surface area contributed by atoms with Crippen LogP contribution < -0.4 is 10.6 Å². The number of H-pyrrole nitrogens is 1. The molecule has 40 heavy (non-hydrogen) atoms. The van der Waals surface area contributed by atoms with E-state index in [9.17, 15) is 9.59 Å². The Kier molecular flexibility index (Phi) is 7.46. The number of aromatic nitrogens is 3. The molecule has 0 unspecified atom stereocenters. The van der Waals surface area contributed by atoms with Crippen molar-refractivity contribution in [3.63, 3.8) is 0 Å². The molecule has 2 fully saturated rings. The number of carbonyl (C=O) groups is 2. The third-order valence-electron chi connectivity index (χ3n) is 7.94. The number of amides is 2. The number of imidazole rings is 1. The number of fused-ring (bicyclic) bond motifs is 1. The number of pyridine rings is 1. The number of nitrogens with zero attached hydrogens (tertiary/aromatic N) is 3. The van der Waals surface area contributed by atoms with Crippen LogP contribution in [0.4, 0.5) is 17.2 Å². The zero-order chi connectivity index (χ0) is 27.5. The summed E-state index contributed by atoms with van der Waals surface area (Å²) in [5.41, 5.74) is 6.50. The summed E-state index contributed by atoms with van der Waals surface area (Å²) in [6.07, 6.45) is 7.02. The maximum Gasteiger partial charge on any atom is 0.254 e. The van der Waals surface area contributed by atoms with E-state index in [4.69, 9.17) is 9.72 Å². The molecule has 2 aromatic heterocycles. The fraction of sp³-hybridized carbons (Fsp3) is 0.355. The van der Waals surface area contributed by atoms with Gasteiger partial charge in [0.05, 0.1) is 30.8 Å². The molecule has 0 atom stereocenters. The van der Waals surface area contributed by atoms with Gasteiger partial charge in [-0.05, 0) is 61.7 Å². The van der Waals surface area contributed by atoms with Gasteiger partial charge >= 0.3 is 0 Å². The number of benzene rings is 2. The van der Waals surface area contributed by atoms with Gasteiger partial charge in [0.15, 0.2) is 5.82 Å². The van der Waals surface area contributed by atoms with Gasteiger partial charge in [0.1, 0.15) is 5.52 Å². The SMILES string of the molecule is Cc1c(NC(=O)C2CCCCC2)cccc1-c1cc2[nH]cnc2c(Nc2ccc(C(=O)N3CCOCC3)cc2)n1. The molecule has 206 valence electrons. The molecular formula is C31H34N6O3. The zero-order valence-corrected chi connectivity index (χ0v) is 22.7. The molecule has 6 rings (SSSR count). The summed E-state index contributed by atoms with van der Waals surface area (Å²) in [6, 6.07) is 15.3. The van der Waals surface area contributed by atoms with Crippen molar-refractivity contribution in [2.75, 3.05) is 36.9 Å². The molecule has 1 saturated heterocycles. The van der Waals surface area contributed by atoms with Gasteiger partial charge in [-0.2, -0.15) is 0 Å². The van der Waals surface area contributed by atoms with E-state index < -0.39 is 0 Å². The van der Waals surface area contributed by atoms with Crippen molar-refractivity contribution in [1.82, 2.24) is 19.9 Å². The van der Waals surface area contributed by atoms with Crippen molar-refractivity contribution in [3.8, 4) is 11.3 Å². The smallest absolute Gasteiger partial charge is 0.254 e. The highest BCUT2D eigenvalue weighted by atomic mass is 16.5. The van der Waals surface area contributed by atoms with Gasteiger partial charge in [0.25, 0.3) is 5.91 Å². The Balaban J connectivity index is 1.25. The molecule has 1 aliphatic heterocycles. The van der Waals surface area contributed by atoms with Crippen LogP contribution in [0.2, 0.25) is 0 Å². The molecule has 2 amide bonds. The summed E-state index contributed by atoms with van der Waals surface area (Å²) in [7, 11) is 0. The van der Waals surface area contributed by atoms with Crippen LogP contribution in [0.3, 0.4) is 0 Å². The lowest BCUT2D eigenvalue weighted by Gasteiger charge is -2.26. The van der Waals surface area contributed by atoms with Crippen LogP contribution in [-0.2, 0) is 9.53 Å². The van der Waals surface area contributed by atoms with Crippen molar-refractivity contribution in [1.29, 1.82) is 0 Å². The zero-order valence-electron chi connectivity index (χ0n) is 22.7. The molecule has 4 aromatic rings. The lowest BCUT2D eigenvalue weighted by Crippen LogP contribution is -2.40. The number of rotatable bonds is 6. The van der Waals surface area contributed by atoms with Crippen molar-refractivity contribution in [2.24, 2.45) is 5.92 Å². The molecule has 9 heteroatoms. The van der Waals surface area contributed by atoms with Gasteiger partial charge in [0.2, 0.25) is 5.91 Å². The Labute approximate surface area is 233 Å². The van der Waals surface area contributed by atoms with Crippen molar-refractivity contribution < 1.29 is 14.3 Å². The van der Waals surface area contributed by atoms with E-state index in [1.807, 2.05) is 60.4 Å². The number of ether oxygens (including phenoxy) is 1. The number of carbonyl (C=O) groups excluding carboxylic acids is 2. The van der Waals surface area contributed by atoms with Gasteiger partial charge in [-0.15, -0.1) is 0 Å². The summed E-state index contributed by atoms with van der Waals surface area (Å²) in [5, 5.41) is 6.56. The van der Waals surface area contributed by atoms with Crippen LogP contribution in [0.15, 0.2) is 54.9 Å². The molecule has 1 aliphatic carbocycles. The average molecular weight is 539 g/mol. The third-order valence-corrected chi connectivity index (χ3v) is 7.94. The molecule has 3 N–H and O–H groups in total. The minimum Gasteiger partial charge on any atom is -0.378 e. The second kappa shape index (κ2) is 11.5. The van der Waals surface area contributed by atoms with E-state index in [0.29, 0.717) is 37.7 Å². The second-order valence-electron chi connectivity index (χ2n) is 10.6. The normalized spacial score (nSPS) is 16.2. The summed E-state index contributed by atoms with van der Waals surface area (Å²) in [4.78, 5) is 40.2. The third kappa shape index (κ3) is 5.42. The maximum absolute atomic E-state index is 12.9. The van der Waals surface area contributed by atoms with E-state index >= 15 is 0 Å². The van der Waals surface area contributed by atoms with Crippen molar-refractivity contribution in [2.45, 2.75) is 39.0 Å². The molecule has 0 radical (unpaired) electrons. The van der Waals surface area contributed by atoms with Crippen LogP contribution in [0.5, 0.6) is 0 Å². The molecular weight excluding hydrogens is 504 g/mol. The Morgan fingerprint density at radius 1 is 1.02 bits per heavy atom. The summed E-state index contributed by atoms with van der Waals surface area (Å²) >= 11 is 0. The summed E-state index contributed by atoms with van der Waals surface area (Å²) < 4.78 is 5.36. The lowest BCUT2D eigenvalue weighted by atomic mass is 9.88. The lowest BCUT2D eigenvalue weighted by molar-refractivity contribution is -0.120. The second-order valence-corrected chi connectivity index (χ2v) is 10.6. The Bertz CT molecular complexity index is 1520. The van der Waals surface area contributed by atoms with Gasteiger partial charge in [-0.3, -0.25) is 9.59 Å². The van der Waals surface area contributed by atoms with Crippen LogP contribution in [0.25, 0.3) is 22.3 Å². The average Bonchev–Trinajstić information content (AvgIpc) is 3.48. The molecule has 0 bridgehead atoms. The van der Waals surface area contributed by atoms with Crippen LogP contribution in [-0.4, -0.2) is 58.0 Å². The first-order valence-corrected chi connectivity index (χ1v) is 14.1. The monoisotopic (exact) mass is 538 g/mol. The summed E-state index contributed by atoms with van der Waals surface area (Å²) in [5.74, 6) is 0.810. The first-order chi connectivity index (χ1) is 19.6. The van der Waals surface area contributed by atoms with Crippen molar-refractivity contribution in [3.05, 3.63) is 66.0 Å². The first-order valence-electron chi connectivity index (χ1n) is 14.1. The predicted octanol–water partition coefficient (Wildman–Crippen LogP) is 5.67. The van der Waals surface area contributed by atoms with Crippen LogP contribution in [0, 0.1) is 12.8 Å². The van der Waals surface area contributed by atoms with E-state index in [2.05, 4.69) is 20.6 Å². The molecule has 2 aliphatic rings. The molecule has 3 heterocycles. The standard InChI is InChI=1S/C31H34N6O3/c1-20-24(8-5-9-25(20)36-30(38)21-6-3-2-4-7-21)26-18-27-28(33-19-32-27)29(35-26)34-23-12-10-22(11-13-23)31(39)37-14-16-40-17-15-37/h5,8-13,18-19,21H,2-4,6-7,14-17H2,1H3,(H,32,33)(H,34,35)(H,36,38). The number of aromatic amines is 1. The molecule has 1 saturated carbocycles. The highest BCUT2D eigenvalue weighted by Gasteiger charge is 2.22. The number of hydrogen-bond donors (Lipinski definition) is 3. The Hall–Kier alpha value is -4.24. The first kappa shape index (κ1) is 26.0. The number of nitrogens with one attached hydrogen (secondary N) is 3. The van der Waals surface area contributed by atoms with Crippen molar-refractivity contribution >= 4 is 40.0 Å². The van der Waals surface area contributed by atoms with E-state index in [-0.39, 0.29) is 17.7 Å². The minimum atomic E-state index is 0.00981. The fourth-order valence-electron chi connectivity index (χ4n) is 5.60. The van der Waals surface area contributed by atoms with Gasteiger partial charge in [0, 0.05) is 41.5 Å². The minimum absolute atomic E-state index is 0.00981. The Morgan fingerprint density at radius 2 is 1.80 bits per heavy atom. The molecule has 2 aromatic carbocycles. The van der Waals surface area contributed by atoms with Crippen LogP contribution in [0.1, 0.15) is 48.0 Å². The van der Waals surface area contributed by atoms with E-state index in [1.165, 1.54) is 6.42 Å². The largest absolute Gasteiger partial charge is 0.378 e. The fourth-order valence-corrected chi connectivity index (χ4v) is 5.60. The Morgan fingerprint density at radius 3 is 2.58 bits per heavy atom. The van der Waals surface area contributed by atoms with Crippen LogP contribution >= 0.6 is 0 Å². The maximum atomic E-state index is 12.9.